The van der Waals surface area contributed by atoms with E-state index in [1.807, 2.05) is 0 Å². The maximum Gasteiger partial charge on any atom is 0.288 e. The third-order valence-corrected chi connectivity index (χ3v) is 7.35. The van der Waals surface area contributed by atoms with Crippen molar-refractivity contribution in [3.8, 4) is 0 Å². The standard InChI is InChI=1S/C19H16ClN5O3S3/c1-12-2-4-13(5-3-12)10-29-18-23-24-19(31-18)30-11-17(26)22-21-9-14-6-7-15(20)16(8-14)25(27)28/h2-9H,10-11H2,1H3,(H,22,26). The number of benzene rings is 2. The molecule has 3 aromatic rings. The van der Waals surface area contributed by atoms with Crippen LogP contribution in [0.4, 0.5) is 5.69 Å². The Bertz CT molecular complexity index is 1110. The van der Waals surface area contributed by atoms with E-state index in [0.29, 0.717) is 9.90 Å². The minimum Gasteiger partial charge on any atom is -0.272 e. The van der Waals surface area contributed by atoms with E-state index in [2.05, 4.69) is 51.9 Å². The summed E-state index contributed by atoms with van der Waals surface area (Å²) in [6.07, 6.45) is 1.32. The van der Waals surface area contributed by atoms with E-state index in [1.54, 1.807) is 17.8 Å². The fraction of sp³-hybridized carbons (Fsp3) is 0.158. The molecule has 0 saturated heterocycles. The van der Waals surface area contributed by atoms with E-state index in [4.69, 9.17) is 11.6 Å². The quantitative estimate of drug-likeness (QED) is 0.194. The van der Waals surface area contributed by atoms with Crippen LogP contribution < -0.4 is 5.43 Å². The molecule has 0 fully saturated rings. The van der Waals surface area contributed by atoms with Crippen LogP contribution in [0.1, 0.15) is 16.7 Å². The molecule has 8 nitrogen and oxygen atoms in total. The first-order chi connectivity index (χ1) is 14.9. The number of nitrogens with zero attached hydrogens (tertiary/aromatic N) is 4. The van der Waals surface area contributed by atoms with Crippen LogP contribution in [-0.4, -0.2) is 33.0 Å². The third kappa shape index (κ3) is 7.31. The van der Waals surface area contributed by atoms with Crippen LogP contribution in [0.15, 0.2) is 56.2 Å². The highest BCUT2D eigenvalue weighted by Gasteiger charge is 2.12. The van der Waals surface area contributed by atoms with Gasteiger partial charge < -0.3 is 0 Å². The van der Waals surface area contributed by atoms with Gasteiger partial charge in [0.25, 0.3) is 11.6 Å². The van der Waals surface area contributed by atoms with Crippen LogP contribution in [0.3, 0.4) is 0 Å². The van der Waals surface area contributed by atoms with E-state index < -0.39 is 4.92 Å². The Morgan fingerprint density at radius 1 is 1.23 bits per heavy atom. The van der Waals surface area contributed by atoms with Gasteiger partial charge >= 0.3 is 0 Å². The molecule has 31 heavy (non-hydrogen) atoms. The number of halogens is 1. The van der Waals surface area contributed by atoms with Crippen molar-refractivity contribution in [2.45, 2.75) is 21.4 Å². The summed E-state index contributed by atoms with van der Waals surface area (Å²) in [7, 11) is 0. The molecule has 0 atom stereocenters. The highest BCUT2D eigenvalue weighted by atomic mass is 35.5. The van der Waals surface area contributed by atoms with Crippen molar-refractivity contribution in [2.75, 3.05) is 5.75 Å². The molecule has 1 amide bonds. The Balaban J connectivity index is 1.43. The lowest BCUT2D eigenvalue weighted by Gasteiger charge is -1.99. The Labute approximate surface area is 195 Å². The van der Waals surface area contributed by atoms with E-state index in [0.717, 1.165) is 10.1 Å². The second kappa shape index (κ2) is 11.2. The highest BCUT2D eigenvalue weighted by Crippen LogP contribution is 2.30. The minimum absolute atomic E-state index is 0.0380. The number of hydrogen-bond donors (Lipinski definition) is 1. The first-order valence-electron chi connectivity index (χ1n) is 8.81. The molecule has 3 rings (SSSR count). The van der Waals surface area contributed by atoms with Crippen molar-refractivity contribution < 1.29 is 9.72 Å². The number of nitro benzene ring substituents is 1. The van der Waals surface area contributed by atoms with Crippen LogP contribution in [0, 0.1) is 17.0 Å². The van der Waals surface area contributed by atoms with Gasteiger partial charge in [0.15, 0.2) is 8.68 Å². The van der Waals surface area contributed by atoms with E-state index >= 15 is 0 Å². The molecule has 0 aliphatic carbocycles. The van der Waals surface area contributed by atoms with Gasteiger partial charge in [-0.2, -0.15) is 5.10 Å². The van der Waals surface area contributed by atoms with E-state index in [1.165, 1.54) is 52.6 Å². The Kier molecular flexibility index (Phi) is 8.41. The summed E-state index contributed by atoms with van der Waals surface area (Å²) in [4.78, 5) is 22.3. The predicted octanol–water partition coefficient (Wildman–Crippen LogP) is 4.94. The zero-order chi connectivity index (χ0) is 22.2. The van der Waals surface area contributed by atoms with Gasteiger partial charge in [-0.05, 0) is 18.6 Å². The van der Waals surface area contributed by atoms with Crippen LogP contribution in [-0.2, 0) is 10.5 Å². The lowest BCUT2D eigenvalue weighted by atomic mass is 10.2. The maximum atomic E-state index is 12.0. The Hall–Kier alpha value is -2.47. The predicted molar refractivity (Wildman–Crippen MR) is 125 cm³/mol. The van der Waals surface area contributed by atoms with Crippen LogP contribution >= 0.6 is 46.5 Å². The van der Waals surface area contributed by atoms with Gasteiger partial charge in [0.1, 0.15) is 5.02 Å². The smallest absolute Gasteiger partial charge is 0.272 e. The van der Waals surface area contributed by atoms with E-state index in [9.17, 15) is 14.9 Å². The molecule has 160 valence electrons. The average Bonchev–Trinajstić information content (AvgIpc) is 3.21. The number of nitrogens with one attached hydrogen (secondary N) is 1. The molecule has 0 saturated carbocycles. The largest absolute Gasteiger partial charge is 0.288 e. The van der Waals surface area contributed by atoms with Gasteiger partial charge in [0.05, 0.1) is 16.9 Å². The number of rotatable bonds is 9. The van der Waals surface area contributed by atoms with Gasteiger partial charge in [-0.3, -0.25) is 14.9 Å². The summed E-state index contributed by atoms with van der Waals surface area (Å²) in [6, 6.07) is 12.6. The summed E-state index contributed by atoms with van der Waals surface area (Å²) in [5, 5.41) is 23.0. The van der Waals surface area contributed by atoms with Gasteiger partial charge in [-0.1, -0.05) is 82.4 Å². The Morgan fingerprint density at radius 2 is 1.94 bits per heavy atom. The van der Waals surface area contributed by atoms with Crippen molar-refractivity contribution >= 4 is 64.3 Å². The number of thioether (sulfide) groups is 2. The summed E-state index contributed by atoms with van der Waals surface area (Å²) in [5.41, 5.74) is 5.04. The molecule has 0 spiro atoms. The van der Waals surface area contributed by atoms with Gasteiger partial charge in [0, 0.05) is 17.4 Å². The second-order valence-electron chi connectivity index (χ2n) is 6.16. The lowest BCUT2D eigenvalue weighted by Crippen LogP contribution is -2.19. The number of carbonyl (C=O) groups is 1. The number of aryl methyl sites for hydroxylation is 1. The van der Waals surface area contributed by atoms with Gasteiger partial charge in [-0.25, -0.2) is 5.43 Å². The molecule has 0 radical (unpaired) electrons. The van der Waals surface area contributed by atoms with Gasteiger partial charge in [0.2, 0.25) is 0 Å². The number of aromatic nitrogens is 2. The fourth-order valence-electron chi connectivity index (χ4n) is 2.23. The van der Waals surface area contributed by atoms with E-state index in [-0.39, 0.29) is 22.4 Å². The number of hydrazone groups is 1. The van der Waals surface area contributed by atoms with Crippen LogP contribution in [0.2, 0.25) is 5.02 Å². The Morgan fingerprint density at radius 3 is 2.65 bits per heavy atom. The van der Waals surface area contributed by atoms with Gasteiger partial charge in [-0.15, -0.1) is 10.2 Å². The molecule has 0 aliphatic heterocycles. The zero-order valence-electron chi connectivity index (χ0n) is 16.1. The summed E-state index contributed by atoms with van der Waals surface area (Å²) < 4.78 is 1.53. The molecule has 0 unspecified atom stereocenters. The van der Waals surface area contributed by atoms with Crippen molar-refractivity contribution in [3.05, 3.63) is 74.3 Å². The van der Waals surface area contributed by atoms with Crippen molar-refractivity contribution in [1.29, 1.82) is 0 Å². The minimum atomic E-state index is -0.579. The number of hydrogen-bond acceptors (Lipinski definition) is 9. The summed E-state index contributed by atoms with van der Waals surface area (Å²) in [5.74, 6) is 0.598. The second-order valence-corrected chi connectivity index (χ2v) is 9.99. The topological polar surface area (TPSA) is 110 Å². The maximum absolute atomic E-state index is 12.0. The molecule has 1 N–H and O–H groups in total. The number of carbonyl (C=O) groups excluding carboxylic acids is 1. The third-order valence-electron chi connectivity index (χ3n) is 3.77. The highest BCUT2D eigenvalue weighted by molar-refractivity contribution is 8.03. The SMILES string of the molecule is Cc1ccc(CSc2nnc(SCC(=O)NN=Cc3ccc(Cl)c([N+](=O)[O-])c3)s2)cc1. The van der Waals surface area contributed by atoms with Crippen molar-refractivity contribution in [1.82, 2.24) is 15.6 Å². The molecular weight excluding hydrogens is 478 g/mol. The molecule has 0 aliphatic rings. The zero-order valence-corrected chi connectivity index (χ0v) is 19.4. The summed E-state index contributed by atoms with van der Waals surface area (Å²) >= 11 is 10.1. The first-order valence-corrected chi connectivity index (χ1v) is 12.0. The number of nitro groups is 1. The molecular formula is C19H16ClN5O3S3. The van der Waals surface area contributed by atoms with Crippen LogP contribution in [0.5, 0.6) is 0 Å². The first kappa shape index (κ1) is 23.2. The molecule has 12 heteroatoms. The van der Waals surface area contributed by atoms with Crippen LogP contribution in [0.25, 0.3) is 0 Å². The molecule has 0 bridgehead atoms. The molecule has 2 aromatic carbocycles. The number of amides is 1. The fourth-order valence-corrected chi connectivity index (χ4v) is 5.19. The molecule has 1 aromatic heterocycles. The normalized spacial score (nSPS) is 11.0. The monoisotopic (exact) mass is 493 g/mol. The van der Waals surface area contributed by atoms with Crippen molar-refractivity contribution in [2.24, 2.45) is 5.10 Å². The average molecular weight is 494 g/mol. The lowest BCUT2D eigenvalue weighted by molar-refractivity contribution is -0.384. The molecule has 1 heterocycles. The van der Waals surface area contributed by atoms with Crippen molar-refractivity contribution in [3.63, 3.8) is 0 Å². The summed E-state index contributed by atoms with van der Waals surface area (Å²) in [6.45, 7) is 2.05.